The highest BCUT2D eigenvalue weighted by Gasteiger charge is 2.16. The van der Waals surface area contributed by atoms with Crippen molar-refractivity contribution in [3.8, 4) is 5.75 Å². The lowest BCUT2D eigenvalue weighted by atomic mass is 10.1. The third kappa shape index (κ3) is 4.41. The number of rotatable bonds is 6. The van der Waals surface area contributed by atoms with Crippen molar-refractivity contribution < 1.29 is 23.7 Å². The Balaban J connectivity index is 1.84. The molecule has 0 saturated heterocycles. The van der Waals surface area contributed by atoms with Crippen molar-refractivity contribution in [3.05, 3.63) is 81.8 Å². The zero-order chi connectivity index (χ0) is 21.0. The molecule has 0 unspecified atom stereocenters. The summed E-state index contributed by atoms with van der Waals surface area (Å²) in [4.78, 5) is 35.3. The van der Waals surface area contributed by atoms with E-state index in [1.165, 1.54) is 43.7 Å². The van der Waals surface area contributed by atoms with Gasteiger partial charge in [-0.05, 0) is 42.8 Å². The predicted octanol–water partition coefficient (Wildman–Crippen LogP) is 4.01. The maximum atomic E-state index is 12.7. The van der Waals surface area contributed by atoms with Crippen LogP contribution in [0.3, 0.4) is 0 Å². The van der Waals surface area contributed by atoms with Gasteiger partial charge < -0.3 is 19.8 Å². The summed E-state index contributed by atoms with van der Waals surface area (Å²) in [7, 11) is 1.39. The average Bonchev–Trinajstić information content (AvgIpc) is 3.24. The van der Waals surface area contributed by atoms with E-state index in [1.54, 1.807) is 25.1 Å². The van der Waals surface area contributed by atoms with Crippen LogP contribution < -0.4 is 15.4 Å². The Morgan fingerprint density at radius 1 is 1.03 bits per heavy atom. The summed E-state index contributed by atoms with van der Waals surface area (Å²) in [5.41, 5.74) is 1.41. The Morgan fingerprint density at radius 2 is 1.79 bits per heavy atom. The van der Waals surface area contributed by atoms with Crippen molar-refractivity contribution in [2.45, 2.75) is 6.92 Å². The third-order valence-corrected chi connectivity index (χ3v) is 4.14. The first kappa shape index (κ1) is 19.6. The summed E-state index contributed by atoms with van der Waals surface area (Å²) in [6.45, 7) is 1.78. The van der Waals surface area contributed by atoms with Gasteiger partial charge in [0.05, 0.1) is 24.0 Å². The summed E-state index contributed by atoms with van der Waals surface area (Å²) in [5.74, 6) is -0.545. The van der Waals surface area contributed by atoms with E-state index in [2.05, 4.69) is 10.6 Å². The lowest BCUT2D eigenvalue weighted by molar-refractivity contribution is -0.384. The van der Waals surface area contributed by atoms with E-state index in [0.717, 1.165) is 5.56 Å². The molecule has 9 heteroatoms. The third-order valence-electron chi connectivity index (χ3n) is 4.14. The standard InChI is InChI=1S/C20H17N3O6/c1-12-5-6-13(10-15(12)21-20(25)18-4-3-9-29-18)19(24)22-16-11-14(23(26)27)7-8-17(16)28-2/h3-11H,1-2H3,(H,21,25)(H,22,24). The highest BCUT2D eigenvalue weighted by molar-refractivity contribution is 6.07. The lowest BCUT2D eigenvalue weighted by Crippen LogP contribution is -2.15. The summed E-state index contributed by atoms with van der Waals surface area (Å²) in [6, 6.07) is 11.8. The number of carbonyl (C=O) groups is 2. The topological polar surface area (TPSA) is 124 Å². The molecular weight excluding hydrogens is 378 g/mol. The van der Waals surface area contributed by atoms with Crippen LogP contribution in [-0.2, 0) is 0 Å². The van der Waals surface area contributed by atoms with Gasteiger partial charge in [0.15, 0.2) is 5.76 Å². The van der Waals surface area contributed by atoms with E-state index in [1.807, 2.05) is 0 Å². The number of ether oxygens (including phenoxy) is 1. The molecule has 2 amide bonds. The molecule has 0 atom stereocenters. The van der Waals surface area contributed by atoms with E-state index >= 15 is 0 Å². The van der Waals surface area contributed by atoms with Crippen molar-refractivity contribution in [1.82, 2.24) is 0 Å². The number of nitro benzene ring substituents is 1. The number of methoxy groups -OCH3 is 1. The fourth-order valence-corrected chi connectivity index (χ4v) is 2.59. The highest BCUT2D eigenvalue weighted by Crippen LogP contribution is 2.29. The smallest absolute Gasteiger partial charge is 0.291 e. The molecule has 29 heavy (non-hydrogen) atoms. The van der Waals surface area contributed by atoms with Gasteiger partial charge >= 0.3 is 0 Å². The molecule has 0 aliphatic carbocycles. The van der Waals surface area contributed by atoms with Crippen LogP contribution in [0.5, 0.6) is 5.75 Å². The molecule has 148 valence electrons. The molecule has 1 heterocycles. The maximum absolute atomic E-state index is 12.7. The quantitative estimate of drug-likeness (QED) is 0.480. The van der Waals surface area contributed by atoms with Crippen LogP contribution in [0.25, 0.3) is 0 Å². The first-order chi connectivity index (χ1) is 13.9. The minimum absolute atomic E-state index is 0.139. The van der Waals surface area contributed by atoms with Gasteiger partial charge in [-0.2, -0.15) is 0 Å². The SMILES string of the molecule is COc1ccc([N+](=O)[O-])cc1NC(=O)c1ccc(C)c(NC(=O)c2ccco2)c1. The van der Waals surface area contributed by atoms with Crippen molar-refractivity contribution in [1.29, 1.82) is 0 Å². The number of nitro groups is 1. The number of nitrogens with zero attached hydrogens (tertiary/aromatic N) is 1. The summed E-state index contributed by atoms with van der Waals surface area (Å²) in [5, 5.41) is 16.3. The summed E-state index contributed by atoms with van der Waals surface area (Å²) < 4.78 is 10.2. The van der Waals surface area contributed by atoms with Crippen LogP contribution in [0.4, 0.5) is 17.1 Å². The molecular formula is C20H17N3O6. The minimum atomic E-state index is -0.566. The van der Waals surface area contributed by atoms with Crippen molar-refractivity contribution >= 4 is 28.9 Å². The first-order valence-electron chi connectivity index (χ1n) is 8.48. The number of carbonyl (C=O) groups excluding carboxylic acids is 2. The van der Waals surface area contributed by atoms with E-state index < -0.39 is 16.7 Å². The summed E-state index contributed by atoms with van der Waals surface area (Å²) >= 11 is 0. The van der Waals surface area contributed by atoms with Gasteiger partial charge in [0.25, 0.3) is 17.5 Å². The van der Waals surface area contributed by atoms with E-state index in [0.29, 0.717) is 5.69 Å². The molecule has 0 bridgehead atoms. The van der Waals surface area contributed by atoms with Crippen LogP contribution in [0.2, 0.25) is 0 Å². The Labute approximate surface area is 165 Å². The monoisotopic (exact) mass is 395 g/mol. The molecule has 3 aromatic rings. The van der Waals surface area contributed by atoms with Crippen LogP contribution >= 0.6 is 0 Å². The second-order valence-electron chi connectivity index (χ2n) is 6.06. The number of furan rings is 1. The molecule has 2 N–H and O–H groups in total. The van der Waals surface area contributed by atoms with Gasteiger partial charge in [0.2, 0.25) is 0 Å². The minimum Gasteiger partial charge on any atom is -0.495 e. The zero-order valence-electron chi connectivity index (χ0n) is 15.6. The number of hydrogen-bond donors (Lipinski definition) is 2. The number of benzene rings is 2. The van der Waals surface area contributed by atoms with E-state index in [4.69, 9.17) is 9.15 Å². The average molecular weight is 395 g/mol. The largest absolute Gasteiger partial charge is 0.495 e. The molecule has 0 aliphatic rings. The fourth-order valence-electron chi connectivity index (χ4n) is 2.59. The molecule has 1 aromatic heterocycles. The fraction of sp³-hybridized carbons (Fsp3) is 0.100. The van der Waals surface area contributed by atoms with Gasteiger partial charge in [-0.3, -0.25) is 19.7 Å². The number of non-ortho nitro benzene ring substituents is 1. The van der Waals surface area contributed by atoms with Gasteiger partial charge in [-0.15, -0.1) is 0 Å². The Kier molecular flexibility index (Phi) is 5.59. The number of aryl methyl sites for hydroxylation is 1. The molecule has 3 rings (SSSR count). The second-order valence-corrected chi connectivity index (χ2v) is 6.06. The molecule has 2 aromatic carbocycles. The van der Waals surface area contributed by atoms with Crippen molar-refractivity contribution in [3.63, 3.8) is 0 Å². The normalized spacial score (nSPS) is 10.3. The number of anilines is 2. The van der Waals surface area contributed by atoms with Gasteiger partial charge in [0.1, 0.15) is 5.75 Å². The van der Waals surface area contributed by atoms with E-state index in [9.17, 15) is 19.7 Å². The molecule has 0 fully saturated rings. The molecule has 0 spiro atoms. The predicted molar refractivity (Wildman–Crippen MR) is 105 cm³/mol. The van der Waals surface area contributed by atoms with Gasteiger partial charge in [-0.1, -0.05) is 6.07 Å². The maximum Gasteiger partial charge on any atom is 0.291 e. The number of amides is 2. The number of hydrogen-bond acceptors (Lipinski definition) is 6. The van der Waals surface area contributed by atoms with Gasteiger partial charge in [-0.25, -0.2) is 0 Å². The second kappa shape index (κ2) is 8.26. The number of nitrogens with one attached hydrogen (secondary N) is 2. The Morgan fingerprint density at radius 3 is 2.45 bits per heavy atom. The molecule has 0 saturated carbocycles. The van der Waals surface area contributed by atoms with Crippen LogP contribution in [0.15, 0.2) is 59.2 Å². The molecule has 9 nitrogen and oxygen atoms in total. The zero-order valence-corrected chi connectivity index (χ0v) is 15.6. The summed E-state index contributed by atoms with van der Waals surface area (Å²) in [6.07, 6.45) is 1.39. The Bertz CT molecular complexity index is 1080. The lowest BCUT2D eigenvalue weighted by Gasteiger charge is -2.12. The molecule has 0 aliphatic heterocycles. The van der Waals surface area contributed by atoms with Crippen molar-refractivity contribution in [2.24, 2.45) is 0 Å². The van der Waals surface area contributed by atoms with Crippen molar-refractivity contribution in [2.75, 3.05) is 17.7 Å². The Hall–Kier alpha value is -4.14. The highest BCUT2D eigenvalue weighted by atomic mass is 16.6. The van der Waals surface area contributed by atoms with E-state index in [-0.39, 0.29) is 28.4 Å². The van der Waals surface area contributed by atoms with Crippen LogP contribution in [0.1, 0.15) is 26.5 Å². The van der Waals surface area contributed by atoms with Crippen LogP contribution in [0, 0.1) is 17.0 Å². The van der Waals surface area contributed by atoms with Gasteiger partial charge in [0, 0.05) is 23.4 Å². The van der Waals surface area contributed by atoms with Crippen LogP contribution in [-0.4, -0.2) is 23.8 Å². The first-order valence-corrected chi connectivity index (χ1v) is 8.48. The molecule has 0 radical (unpaired) electrons.